The van der Waals surface area contributed by atoms with Crippen molar-refractivity contribution in [3.63, 3.8) is 0 Å². The number of hydrogen-bond acceptors (Lipinski definition) is 5. The molecule has 2 N–H and O–H groups in total. The minimum atomic E-state index is -1.08. The first-order chi connectivity index (χ1) is 15.8. The summed E-state index contributed by atoms with van der Waals surface area (Å²) in [5.74, 6) is 0. The van der Waals surface area contributed by atoms with Crippen LogP contribution in [0.15, 0.2) is 71.2 Å². The molecule has 0 saturated carbocycles. The number of halogens is 1. The number of rotatable bonds is 4. The van der Waals surface area contributed by atoms with Crippen molar-refractivity contribution in [3.8, 4) is 10.4 Å². The number of hydrogen-bond donors (Lipinski definition) is 1. The molecule has 0 bridgehead atoms. The van der Waals surface area contributed by atoms with E-state index in [-0.39, 0.29) is 5.56 Å². The number of nitrogens with zero attached hydrogens (tertiary/aromatic N) is 4. The van der Waals surface area contributed by atoms with E-state index in [9.17, 15) is 4.79 Å². The van der Waals surface area contributed by atoms with Crippen LogP contribution in [0.25, 0.3) is 21.5 Å². The van der Waals surface area contributed by atoms with E-state index in [4.69, 9.17) is 22.3 Å². The summed E-state index contributed by atoms with van der Waals surface area (Å²) in [5.41, 5.74) is 11.7. The predicted molar refractivity (Wildman–Crippen MR) is 134 cm³/mol. The highest BCUT2D eigenvalue weighted by Crippen LogP contribution is 2.36. The van der Waals surface area contributed by atoms with Gasteiger partial charge in [0.2, 0.25) is 0 Å². The number of aryl methyl sites for hydroxylation is 3. The van der Waals surface area contributed by atoms with Gasteiger partial charge in [-0.1, -0.05) is 23.7 Å². The monoisotopic (exact) mass is 475 g/mol. The largest absolute Gasteiger partial charge is 0.335 e. The van der Waals surface area contributed by atoms with Crippen molar-refractivity contribution >= 4 is 34.0 Å². The van der Waals surface area contributed by atoms with Gasteiger partial charge in [0.15, 0.2) is 0 Å². The van der Waals surface area contributed by atoms with Gasteiger partial charge in [-0.05, 0) is 53.8 Å². The number of imidazole rings is 1. The average Bonchev–Trinajstić information content (AvgIpc) is 3.44. The zero-order chi connectivity index (χ0) is 23.3. The smallest absolute Gasteiger partial charge is 0.251 e. The summed E-state index contributed by atoms with van der Waals surface area (Å²) < 4.78 is 3.51. The molecule has 8 heteroatoms. The Labute approximate surface area is 199 Å². The molecule has 0 spiro atoms. The van der Waals surface area contributed by atoms with Gasteiger partial charge in [-0.3, -0.25) is 4.79 Å². The molecular formula is C25H22ClN5OS. The number of aromatic nitrogens is 4. The summed E-state index contributed by atoms with van der Waals surface area (Å²) in [6.07, 6.45) is 3.47. The van der Waals surface area contributed by atoms with Crippen molar-refractivity contribution in [1.29, 1.82) is 0 Å². The number of nitrogens with two attached hydrogens (primary N) is 1. The number of fused-ring (bicyclic) bond motifs is 1. The van der Waals surface area contributed by atoms with Crippen molar-refractivity contribution < 1.29 is 0 Å². The van der Waals surface area contributed by atoms with Crippen LogP contribution in [0.3, 0.4) is 0 Å². The molecule has 4 heterocycles. The second-order valence-electron chi connectivity index (χ2n) is 8.21. The molecule has 0 aliphatic rings. The molecule has 6 nitrogen and oxygen atoms in total. The quantitative estimate of drug-likeness (QED) is 0.411. The normalized spacial score (nSPS) is 13.4. The molecule has 166 valence electrons. The molecule has 0 aliphatic carbocycles. The first-order valence-corrected chi connectivity index (χ1v) is 11.6. The summed E-state index contributed by atoms with van der Waals surface area (Å²) in [4.78, 5) is 23.1. The number of pyridine rings is 2. The second-order valence-corrected chi connectivity index (χ2v) is 9.56. The maximum absolute atomic E-state index is 12.7. The molecule has 4 aromatic heterocycles. The Balaban J connectivity index is 1.83. The highest BCUT2D eigenvalue weighted by Gasteiger charge is 2.36. The first-order valence-electron chi connectivity index (χ1n) is 10.4. The van der Waals surface area contributed by atoms with Crippen LogP contribution < -0.4 is 11.3 Å². The molecule has 5 aromatic rings. The van der Waals surface area contributed by atoms with Crippen LogP contribution in [0.4, 0.5) is 0 Å². The van der Waals surface area contributed by atoms with Crippen LogP contribution in [0, 0.1) is 6.92 Å². The lowest BCUT2D eigenvalue weighted by Crippen LogP contribution is -2.41. The lowest BCUT2D eigenvalue weighted by atomic mass is 9.84. The Morgan fingerprint density at radius 3 is 2.48 bits per heavy atom. The van der Waals surface area contributed by atoms with Crippen molar-refractivity contribution in [2.24, 2.45) is 19.8 Å². The van der Waals surface area contributed by atoms with E-state index in [0.717, 1.165) is 38.3 Å². The molecule has 0 saturated heterocycles. The maximum atomic E-state index is 12.7. The SMILES string of the molecule is Cc1csc(-c2cc(=O)n(C)c3ccc(C(N)(c4ccc(Cl)cc4)c4cncn4C)nc23)c1. The first kappa shape index (κ1) is 21.6. The van der Waals surface area contributed by atoms with Gasteiger partial charge in [0.25, 0.3) is 5.56 Å². The van der Waals surface area contributed by atoms with Gasteiger partial charge in [0.1, 0.15) is 5.54 Å². The molecule has 0 fully saturated rings. The fraction of sp³-hybridized carbons (Fsp3) is 0.160. The van der Waals surface area contributed by atoms with Crippen LogP contribution in [-0.4, -0.2) is 19.1 Å². The Bertz CT molecular complexity index is 1550. The van der Waals surface area contributed by atoms with E-state index < -0.39 is 5.54 Å². The molecule has 1 unspecified atom stereocenters. The third-order valence-electron chi connectivity index (χ3n) is 6.01. The van der Waals surface area contributed by atoms with Gasteiger partial charge in [-0.25, -0.2) is 9.97 Å². The van der Waals surface area contributed by atoms with E-state index in [1.165, 1.54) is 0 Å². The number of thiophene rings is 1. The summed E-state index contributed by atoms with van der Waals surface area (Å²) >= 11 is 7.76. The van der Waals surface area contributed by atoms with E-state index in [0.29, 0.717) is 10.7 Å². The van der Waals surface area contributed by atoms with Gasteiger partial charge in [0.05, 0.1) is 34.9 Å². The number of benzene rings is 1. The van der Waals surface area contributed by atoms with E-state index >= 15 is 0 Å². The second kappa shape index (κ2) is 7.95. The molecule has 0 aliphatic heterocycles. The van der Waals surface area contributed by atoms with Crippen LogP contribution >= 0.6 is 22.9 Å². The fourth-order valence-electron chi connectivity index (χ4n) is 4.18. The van der Waals surface area contributed by atoms with E-state index in [1.807, 2.05) is 54.9 Å². The molecule has 0 amide bonds. The molecule has 1 aromatic carbocycles. The van der Waals surface area contributed by atoms with E-state index in [2.05, 4.69) is 16.4 Å². The van der Waals surface area contributed by atoms with Crippen molar-refractivity contribution in [2.45, 2.75) is 12.5 Å². The lowest BCUT2D eigenvalue weighted by Gasteiger charge is -2.30. The minimum absolute atomic E-state index is 0.0820. The molecular weight excluding hydrogens is 454 g/mol. The van der Waals surface area contributed by atoms with Gasteiger partial charge >= 0.3 is 0 Å². The molecule has 33 heavy (non-hydrogen) atoms. The highest BCUT2D eigenvalue weighted by atomic mass is 35.5. The summed E-state index contributed by atoms with van der Waals surface area (Å²) in [6, 6.07) is 15.0. The fourth-order valence-corrected chi connectivity index (χ4v) is 5.23. The van der Waals surface area contributed by atoms with Gasteiger partial charge in [-0.2, -0.15) is 0 Å². The Morgan fingerprint density at radius 2 is 1.85 bits per heavy atom. The van der Waals surface area contributed by atoms with Crippen molar-refractivity contribution in [1.82, 2.24) is 19.1 Å². The molecule has 1 atom stereocenters. The topological polar surface area (TPSA) is 78.7 Å². The average molecular weight is 476 g/mol. The lowest BCUT2D eigenvalue weighted by molar-refractivity contribution is 0.580. The molecule has 5 rings (SSSR count). The zero-order valence-electron chi connectivity index (χ0n) is 18.4. The van der Waals surface area contributed by atoms with Gasteiger partial charge in [-0.15, -0.1) is 11.3 Å². The van der Waals surface area contributed by atoms with Gasteiger partial charge < -0.3 is 14.9 Å². The standard InChI is InChI=1S/C25H22ClN5OS/c1-15-10-20(33-13-15)18-11-23(32)31(3)19-8-9-21(29-24(18)19)25(27,22-12-28-14-30(22)2)16-4-6-17(26)7-5-16/h4-14H,27H2,1-3H3. The van der Waals surface area contributed by atoms with Crippen LogP contribution in [0.1, 0.15) is 22.5 Å². The van der Waals surface area contributed by atoms with Crippen LogP contribution in [-0.2, 0) is 19.6 Å². The third kappa shape index (κ3) is 3.49. The highest BCUT2D eigenvalue weighted by molar-refractivity contribution is 7.13. The minimum Gasteiger partial charge on any atom is -0.335 e. The maximum Gasteiger partial charge on any atom is 0.251 e. The summed E-state index contributed by atoms with van der Waals surface area (Å²) in [7, 11) is 3.66. The van der Waals surface area contributed by atoms with Crippen molar-refractivity contribution in [2.75, 3.05) is 0 Å². The molecule has 0 radical (unpaired) electrons. The summed E-state index contributed by atoms with van der Waals surface area (Å²) in [5, 5.41) is 2.70. The van der Waals surface area contributed by atoms with Crippen LogP contribution in [0.5, 0.6) is 0 Å². The van der Waals surface area contributed by atoms with E-state index in [1.54, 1.807) is 41.5 Å². The Hall–Kier alpha value is -3.26. The summed E-state index contributed by atoms with van der Waals surface area (Å²) in [6.45, 7) is 2.04. The zero-order valence-corrected chi connectivity index (χ0v) is 20.0. The Morgan fingerprint density at radius 1 is 1.09 bits per heavy atom. The van der Waals surface area contributed by atoms with Crippen molar-refractivity contribution in [3.05, 3.63) is 104 Å². The van der Waals surface area contributed by atoms with Crippen LogP contribution in [0.2, 0.25) is 5.02 Å². The Kier molecular flexibility index (Phi) is 5.20. The van der Waals surface area contributed by atoms with Gasteiger partial charge in [0, 0.05) is 35.6 Å². The third-order valence-corrected chi connectivity index (χ3v) is 7.34. The predicted octanol–water partition coefficient (Wildman–Crippen LogP) is 4.61.